The molecule has 0 amide bonds. The largest absolute Gasteiger partial charge is 0.481 e. The number of rotatable bonds is 47. The average molecular weight is 954 g/mol. The molecule has 0 fully saturated rings. The second-order valence-corrected chi connectivity index (χ2v) is 18.7. The van der Waals surface area contributed by atoms with Crippen LogP contribution in [0.4, 0.5) is 0 Å². The van der Waals surface area contributed by atoms with E-state index in [1.54, 1.807) is 6.92 Å². The Labute approximate surface area is 414 Å². The molecule has 0 atom stereocenters. The number of unbranched alkanes of at least 4 members (excludes halogenated alkanes) is 33. The van der Waals surface area contributed by atoms with Gasteiger partial charge < -0.3 is 30.6 Å². The monoisotopic (exact) mass is 953 g/mol. The van der Waals surface area contributed by atoms with Gasteiger partial charge in [0.15, 0.2) is 0 Å². The Kier molecular flexibility index (Phi) is 67.4. The van der Waals surface area contributed by atoms with Gasteiger partial charge in [-0.15, -0.1) is 0 Å². The van der Waals surface area contributed by atoms with Gasteiger partial charge in [-0.05, 0) is 103 Å². The van der Waals surface area contributed by atoms with Crippen molar-refractivity contribution >= 4 is 17.9 Å². The molecule has 0 saturated heterocycles. The van der Waals surface area contributed by atoms with E-state index in [1.807, 2.05) is 0 Å². The molecule has 0 heterocycles. The van der Waals surface area contributed by atoms with Crippen LogP contribution in [0, 0.1) is 0 Å². The fourth-order valence-electron chi connectivity index (χ4n) is 7.38. The zero-order chi connectivity index (χ0) is 50.6. The van der Waals surface area contributed by atoms with Crippen LogP contribution >= 0.6 is 0 Å². The lowest BCUT2D eigenvalue weighted by Crippen LogP contribution is -2.26. The zero-order valence-electron chi connectivity index (χ0n) is 44.5. The molecular formula is C58H112O9. The van der Waals surface area contributed by atoms with Crippen molar-refractivity contribution in [2.75, 3.05) is 0 Å². The SMILES string of the molecule is CCCC(O)(O)O.CCCCCCCC/C=C\CCCCCCCC(=O)O.CCCCCCCC/C=C\CCCCCCCC(=O)O.CCCCCCCC/C=C\CCCCCCCC(=O)O. The Bertz CT molecular complexity index is 944. The predicted octanol–water partition coefficient (Wildman–Crippen LogP) is 17.7. The molecule has 67 heavy (non-hydrogen) atoms. The van der Waals surface area contributed by atoms with Gasteiger partial charge in [0, 0.05) is 25.7 Å². The summed E-state index contributed by atoms with van der Waals surface area (Å²) in [5, 5.41) is 49.9. The van der Waals surface area contributed by atoms with Gasteiger partial charge in [-0.1, -0.05) is 218 Å². The Balaban J connectivity index is -0.000000414. The molecule has 9 heteroatoms. The highest BCUT2D eigenvalue weighted by Crippen LogP contribution is 2.13. The summed E-state index contributed by atoms with van der Waals surface area (Å²) in [5.74, 6) is -4.44. The van der Waals surface area contributed by atoms with E-state index in [9.17, 15) is 14.4 Å². The number of carboxylic acid groups (broad SMARTS) is 3. The van der Waals surface area contributed by atoms with Crippen LogP contribution < -0.4 is 0 Å². The van der Waals surface area contributed by atoms with Crippen LogP contribution in [0.25, 0.3) is 0 Å². The van der Waals surface area contributed by atoms with Gasteiger partial charge in [-0.2, -0.15) is 0 Å². The van der Waals surface area contributed by atoms with Gasteiger partial charge in [0.2, 0.25) is 0 Å². The molecule has 0 aromatic carbocycles. The third-order valence-corrected chi connectivity index (χ3v) is 11.5. The van der Waals surface area contributed by atoms with Gasteiger partial charge in [0.1, 0.15) is 0 Å². The van der Waals surface area contributed by atoms with E-state index in [-0.39, 0.29) is 6.42 Å². The molecule has 6 N–H and O–H groups in total. The molecule has 0 aromatic heterocycles. The highest BCUT2D eigenvalue weighted by atomic mass is 16.7. The number of hydrogen-bond acceptors (Lipinski definition) is 6. The van der Waals surface area contributed by atoms with Crippen LogP contribution in [0.15, 0.2) is 36.5 Å². The van der Waals surface area contributed by atoms with E-state index in [1.165, 1.54) is 212 Å². The molecule has 0 rings (SSSR count). The summed E-state index contributed by atoms with van der Waals surface area (Å²) in [7, 11) is 0. The molecule has 0 radical (unpaired) electrons. The highest BCUT2D eigenvalue weighted by Gasteiger charge is 2.14. The fourth-order valence-corrected chi connectivity index (χ4v) is 7.38. The van der Waals surface area contributed by atoms with Crippen LogP contribution in [-0.4, -0.2) is 54.5 Å². The molecule has 0 aliphatic carbocycles. The first kappa shape index (κ1) is 71.1. The second-order valence-electron chi connectivity index (χ2n) is 18.7. The van der Waals surface area contributed by atoms with Crippen LogP contribution in [0.5, 0.6) is 0 Å². The summed E-state index contributed by atoms with van der Waals surface area (Å²) >= 11 is 0. The van der Waals surface area contributed by atoms with Crippen molar-refractivity contribution < 1.29 is 45.0 Å². The van der Waals surface area contributed by atoms with E-state index < -0.39 is 23.9 Å². The van der Waals surface area contributed by atoms with E-state index in [4.69, 9.17) is 30.6 Å². The molecule has 9 nitrogen and oxygen atoms in total. The van der Waals surface area contributed by atoms with E-state index in [0.717, 1.165) is 38.5 Å². The topological polar surface area (TPSA) is 173 Å². The van der Waals surface area contributed by atoms with Gasteiger partial charge in [0.05, 0.1) is 0 Å². The maximum absolute atomic E-state index is 10.3. The molecule has 0 aliphatic heterocycles. The van der Waals surface area contributed by atoms with Gasteiger partial charge in [0.25, 0.3) is 5.97 Å². The lowest BCUT2D eigenvalue weighted by atomic mass is 10.1. The van der Waals surface area contributed by atoms with Crippen molar-refractivity contribution in [3.63, 3.8) is 0 Å². The molecule has 0 spiro atoms. The standard InChI is InChI=1S/3C18H34O2.C4H10O3/c3*1-2-3-4-5-6-7-8-9-10-11-12-13-14-15-16-17-18(19)20;1-2-3-4(5,6)7/h3*9-10H,2-8,11-17H2,1H3,(H,19,20);5-7H,2-3H2,1H3/b3*10-9-;. The van der Waals surface area contributed by atoms with Crippen LogP contribution in [0.3, 0.4) is 0 Å². The Morgan fingerprint density at radius 2 is 0.463 bits per heavy atom. The third kappa shape index (κ3) is 87.1. The van der Waals surface area contributed by atoms with E-state index >= 15 is 0 Å². The normalized spacial score (nSPS) is 11.3. The maximum atomic E-state index is 10.3. The molecule has 0 bridgehead atoms. The van der Waals surface area contributed by atoms with Crippen molar-refractivity contribution in [2.45, 2.75) is 316 Å². The lowest BCUT2D eigenvalue weighted by Gasteiger charge is -2.10. The maximum Gasteiger partial charge on any atom is 0.303 e. The smallest absolute Gasteiger partial charge is 0.303 e. The predicted molar refractivity (Wildman–Crippen MR) is 286 cm³/mol. The Morgan fingerprint density at radius 3 is 0.612 bits per heavy atom. The van der Waals surface area contributed by atoms with Crippen LogP contribution in [0.2, 0.25) is 0 Å². The molecule has 0 aromatic rings. The number of hydrogen-bond donors (Lipinski definition) is 6. The van der Waals surface area contributed by atoms with Crippen molar-refractivity contribution in [1.29, 1.82) is 0 Å². The molecule has 398 valence electrons. The van der Waals surface area contributed by atoms with Crippen molar-refractivity contribution in [3.8, 4) is 0 Å². The zero-order valence-corrected chi connectivity index (χ0v) is 44.5. The minimum atomic E-state index is -2.45. The van der Waals surface area contributed by atoms with Gasteiger partial charge in [-0.25, -0.2) is 0 Å². The number of carbonyl (C=O) groups is 3. The first-order valence-corrected chi connectivity index (χ1v) is 28.1. The highest BCUT2D eigenvalue weighted by molar-refractivity contribution is 5.67. The van der Waals surface area contributed by atoms with Crippen molar-refractivity contribution in [1.82, 2.24) is 0 Å². The Hall–Kier alpha value is -2.49. The summed E-state index contributed by atoms with van der Waals surface area (Å²) in [6, 6.07) is 0. The number of aliphatic carboxylic acids is 3. The van der Waals surface area contributed by atoms with Gasteiger partial charge >= 0.3 is 17.9 Å². The van der Waals surface area contributed by atoms with E-state index in [2.05, 4.69) is 57.2 Å². The fraction of sp³-hybridized carbons (Fsp3) is 0.845. The summed E-state index contributed by atoms with van der Waals surface area (Å²) in [6.45, 7) is 8.52. The summed E-state index contributed by atoms with van der Waals surface area (Å²) in [4.78, 5) is 31.0. The average Bonchev–Trinajstić information content (AvgIpc) is 3.27. The van der Waals surface area contributed by atoms with Crippen molar-refractivity contribution in [2.24, 2.45) is 0 Å². The number of allylic oxidation sites excluding steroid dienone is 6. The third-order valence-electron chi connectivity index (χ3n) is 11.5. The number of carboxylic acids is 3. The summed E-state index contributed by atoms with van der Waals surface area (Å²) in [5.41, 5.74) is 0. The first-order valence-electron chi connectivity index (χ1n) is 28.1. The summed E-state index contributed by atoms with van der Waals surface area (Å²) in [6.07, 6.45) is 64.3. The quantitative estimate of drug-likeness (QED) is 0.0197. The summed E-state index contributed by atoms with van der Waals surface area (Å²) < 4.78 is 0. The Morgan fingerprint density at radius 1 is 0.284 bits per heavy atom. The van der Waals surface area contributed by atoms with Crippen LogP contribution in [-0.2, 0) is 14.4 Å². The second kappa shape index (κ2) is 63.5. The van der Waals surface area contributed by atoms with Gasteiger partial charge in [-0.3, -0.25) is 14.4 Å². The molecular weight excluding hydrogens is 841 g/mol. The molecule has 0 unspecified atom stereocenters. The first-order chi connectivity index (χ1) is 32.4. The van der Waals surface area contributed by atoms with Crippen molar-refractivity contribution in [3.05, 3.63) is 36.5 Å². The molecule has 0 saturated carbocycles. The minimum absolute atomic E-state index is 0.00694. The van der Waals surface area contributed by atoms with Crippen LogP contribution in [0.1, 0.15) is 310 Å². The van der Waals surface area contributed by atoms with E-state index in [0.29, 0.717) is 25.7 Å². The lowest BCUT2D eigenvalue weighted by molar-refractivity contribution is -0.314. The molecule has 0 aliphatic rings. The number of aliphatic hydroxyl groups is 3. The minimum Gasteiger partial charge on any atom is -0.481 e.